The molecule has 0 saturated carbocycles. The summed E-state index contributed by atoms with van der Waals surface area (Å²) in [7, 11) is 0. The summed E-state index contributed by atoms with van der Waals surface area (Å²) in [6, 6.07) is 2.14. The first-order chi connectivity index (χ1) is 6.16. The van der Waals surface area contributed by atoms with Gasteiger partial charge in [0.25, 0.3) is 0 Å². The fraction of sp³-hybridized carbons (Fsp3) is 0.583. The van der Waals surface area contributed by atoms with E-state index >= 15 is 0 Å². The van der Waals surface area contributed by atoms with Gasteiger partial charge in [0.1, 0.15) is 0 Å². The zero-order valence-corrected chi connectivity index (χ0v) is 8.93. The summed E-state index contributed by atoms with van der Waals surface area (Å²) in [4.78, 5) is 0. The molecule has 0 aliphatic carbocycles. The number of unbranched alkanes of at least 4 members (excludes halogenated alkanes) is 1. The predicted octanol–water partition coefficient (Wildman–Crippen LogP) is 3.98. The van der Waals surface area contributed by atoms with Crippen LogP contribution in [-0.4, -0.2) is 0 Å². The van der Waals surface area contributed by atoms with Crippen molar-refractivity contribution in [3.63, 3.8) is 0 Å². The Morgan fingerprint density at radius 1 is 1.15 bits per heavy atom. The van der Waals surface area contributed by atoms with Crippen LogP contribution in [0, 0.1) is 11.3 Å². The molecule has 0 aliphatic heterocycles. The van der Waals surface area contributed by atoms with Crippen molar-refractivity contribution in [3.05, 3.63) is 23.3 Å². The number of hydrogen-bond acceptors (Lipinski definition) is 1. The van der Waals surface area contributed by atoms with Gasteiger partial charge in [-0.2, -0.15) is 5.26 Å². The van der Waals surface area contributed by atoms with E-state index in [1.54, 1.807) is 0 Å². The molecule has 13 heavy (non-hydrogen) atoms. The molecule has 0 N–H and O–H groups in total. The molecule has 0 aromatic carbocycles. The number of hydrogen-bond donors (Lipinski definition) is 0. The lowest BCUT2D eigenvalue weighted by molar-refractivity contribution is 0.939. The van der Waals surface area contributed by atoms with E-state index in [1.165, 1.54) is 11.1 Å². The smallest absolute Gasteiger partial charge is 0.0625 e. The molecular formula is C12H19N. The quantitative estimate of drug-likeness (QED) is 0.460. The van der Waals surface area contributed by atoms with Gasteiger partial charge in [-0.1, -0.05) is 23.3 Å². The Balaban J connectivity index is 3.62. The third-order valence-corrected chi connectivity index (χ3v) is 1.84. The van der Waals surface area contributed by atoms with Crippen LogP contribution >= 0.6 is 0 Å². The maximum Gasteiger partial charge on any atom is 0.0625 e. The van der Waals surface area contributed by atoms with Crippen LogP contribution in [0.25, 0.3) is 0 Å². The summed E-state index contributed by atoms with van der Waals surface area (Å²) in [5.41, 5.74) is 2.78. The molecule has 0 saturated heterocycles. The van der Waals surface area contributed by atoms with E-state index < -0.39 is 0 Å². The summed E-state index contributed by atoms with van der Waals surface area (Å²) in [5, 5.41) is 8.34. The molecule has 0 aromatic rings. The van der Waals surface area contributed by atoms with Crippen LogP contribution in [0.5, 0.6) is 0 Å². The maximum absolute atomic E-state index is 8.34. The van der Waals surface area contributed by atoms with Gasteiger partial charge in [0, 0.05) is 6.42 Å². The van der Waals surface area contributed by atoms with Crippen LogP contribution in [0.2, 0.25) is 0 Å². The summed E-state index contributed by atoms with van der Waals surface area (Å²) >= 11 is 0. The highest BCUT2D eigenvalue weighted by molar-refractivity contribution is 5.02. The first kappa shape index (κ1) is 12.0. The minimum Gasteiger partial charge on any atom is -0.198 e. The Kier molecular flexibility index (Phi) is 7.01. The molecule has 1 heteroatoms. The topological polar surface area (TPSA) is 23.8 Å². The Hall–Kier alpha value is -1.03. The third-order valence-electron chi connectivity index (χ3n) is 1.84. The van der Waals surface area contributed by atoms with E-state index in [0.717, 1.165) is 19.3 Å². The summed E-state index contributed by atoms with van der Waals surface area (Å²) < 4.78 is 0. The average molecular weight is 177 g/mol. The van der Waals surface area contributed by atoms with Crippen LogP contribution in [0.1, 0.15) is 46.5 Å². The van der Waals surface area contributed by atoms with E-state index in [0.29, 0.717) is 6.42 Å². The second-order valence-corrected chi connectivity index (χ2v) is 3.57. The van der Waals surface area contributed by atoms with Crippen LogP contribution in [0.15, 0.2) is 23.3 Å². The first-order valence-electron chi connectivity index (χ1n) is 4.82. The van der Waals surface area contributed by atoms with Gasteiger partial charge in [0.05, 0.1) is 6.07 Å². The number of allylic oxidation sites excluding steroid dienone is 4. The van der Waals surface area contributed by atoms with Gasteiger partial charge in [-0.15, -0.1) is 0 Å². The fourth-order valence-electron chi connectivity index (χ4n) is 1.07. The fourth-order valence-corrected chi connectivity index (χ4v) is 1.07. The summed E-state index contributed by atoms with van der Waals surface area (Å²) in [6.07, 6.45) is 8.20. The van der Waals surface area contributed by atoms with E-state index in [4.69, 9.17) is 5.26 Å². The van der Waals surface area contributed by atoms with Crippen molar-refractivity contribution < 1.29 is 0 Å². The molecule has 0 rings (SSSR count). The molecule has 0 atom stereocenters. The minimum absolute atomic E-state index is 0.639. The average Bonchev–Trinajstić information content (AvgIpc) is 2.04. The second-order valence-electron chi connectivity index (χ2n) is 3.57. The molecule has 0 bridgehead atoms. The van der Waals surface area contributed by atoms with Crippen molar-refractivity contribution in [2.24, 2.45) is 0 Å². The molecule has 0 amide bonds. The van der Waals surface area contributed by atoms with Crippen molar-refractivity contribution in [1.29, 1.82) is 5.26 Å². The largest absolute Gasteiger partial charge is 0.198 e. The Morgan fingerprint density at radius 3 is 2.38 bits per heavy atom. The number of nitrogens with zero attached hydrogens (tertiary/aromatic N) is 1. The molecule has 0 spiro atoms. The summed E-state index contributed by atoms with van der Waals surface area (Å²) in [6.45, 7) is 6.37. The highest BCUT2D eigenvalue weighted by Crippen LogP contribution is 2.07. The van der Waals surface area contributed by atoms with Crippen molar-refractivity contribution in [3.8, 4) is 6.07 Å². The molecule has 0 radical (unpaired) electrons. The molecule has 0 aromatic heterocycles. The van der Waals surface area contributed by atoms with Crippen LogP contribution in [-0.2, 0) is 0 Å². The molecule has 0 heterocycles. The zero-order valence-electron chi connectivity index (χ0n) is 8.93. The second kappa shape index (κ2) is 7.61. The van der Waals surface area contributed by atoms with Gasteiger partial charge in [0.15, 0.2) is 0 Å². The van der Waals surface area contributed by atoms with Crippen molar-refractivity contribution in [2.45, 2.75) is 46.5 Å². The van der Waals surface area contributed by atoms with Crippen LogP contribution < -0.4 is 0 Å². The Bertz CT molecular complexity index is 224. The predicted molar refractivity (Wildman–Crippen MR) is 57.3 cm³/mol. The van der Waals surface area contributed by atoms with E-state index in [9.17, 15) is 0 Å². The zero-order chi connectivity index (χ0) is 10.1. The number of rotatable bonds is 5. The molecule has 1 nitrogen and oxygen atoms in total. The standard InChI is InChI=1S/C12H19N/c1-11(2)7-6-9-12(3)8-4-5-10-13/h7-8H,4-6,9H2,1-3H3. The lowest BCUT2D eigenvalue weighted by Crippen LogP contribution is -1.77. The van der Waals surface area contributed by atoms with Gasteiger partial charge in [-0.25, -0.2) is 0 Å². The van der Waals surface area contributed by atoms with E-state index in [2.05, 4.69) is 39.0 Å². The van der Waals surface area contributed by atoms with Crippen molar-refractivity contribution in [2.75, 3.05) is 0 Å². The van der Waals surface area contributed by atoms with E-state index in [1.807, 2.05) is 0 Å². The highest BCUT2D eigenvalue weighted by atomic mass is 14.2. The van der Waals surface area contributed by atoms with Gasteiger partial charge in [0.2, 0.25) is 0 Å². The van der Waals surface area contributed by atoms with Crippen molar-refractivity contribution >= 4 is 0 Å². The van der Waals surface area contributed by atoms with E-state index in [-0.39, 0.29) is 0 Å². The van der Waals surface area contributed by atoms with Crippen molar-refractivity contribution in [1.82, 2.24) is 0 Å². The number of nitriles is 1. The SMILES string of the molecule is CC(C)=CCCC(C)=CCCC#N. The maximum atomic E-state index is 8.34. The molecule has 0 fully saturated rings. The highest BCUT2D eigenvalue weighted by Gasteiger charge is 1.88. The van der Waals surface area contributed by atoms with Crippen LogP contribution in [0.4, 0.5) is 0 Å². The normalized spacial score (nSPS) is 10.8. The third kappa shape index (κ3) is 8.88. The first-order valence-corrected chi connectivity index (χ1v) is 4.82. The molecule has 0 unspecified atom stereocenters. The summed E-state index contributed by atoms with van der Waals surface area (Å²) in [5.74, 6) is 0. The van der Waals surface area contributed by atoms with Crippen LogP contribution in [0.3, 0.4) is 0 Å². The lowest BCUT2D eigenvalue weighted by atomic mass is 10.1. The monoisotopic (exact) mass is 177 g/mol. The molecule has 72 valence electrons. The van der Waals surface area contributed by atoms with Gasteiger partial charge < -0.3 is 0 Å². The van der Waals surface area contributed by atoms with Gasteiger partial charge in [-0.3, -0.25) is 0 Å². The van der Waals surface area contributed by atoms with Gasteiger partial charge >= 0.3 is 0 Å². The Labute approximate surface area is 81.8 Å². The van der Waals surface area contributed by atoms with Gasteiger partial charge in [-0.05, 0) is 40.0 Å². The molecule has 0 aliphatic rings. The minimum atomic E-state index is 0.639. The lowest BCUT2D eigenvalue weighted by Gasteiger charge is -1.97. The molecular weight excluding hydrogens is 158 g/mol. The Morgan fingerprint density at radius 2 is 1.85 bits per heavy atom.